The summed E-state index contributed by atoms with van der Waals surface area (Å²) in [6.45, 7) is 14.4. The lowest BCUT2D eigenvalue weighted by atomic mass is 10.1. The smallest absolute Gasteiger partial charge is 0.410 e. The van der Waals surface area contributed by atoms with Gasteiger partial charge in [0.2, 0.25) is 0 Å². The Hall–Kier alpha value is -1.51. The molecule has 1 aromatic heterocycles. The number of ether oxygens (including phenoxy) is 2. The molecule has 2 heterocycles. The number of hydrogen-bond acceptors (Lipinski definition) is 5. The second kappa shape index (κ2) is 8.88. The molecule has 1 aliphatic rings. The summed E-state index contributed by atoms with van der Waals surface area (Å²) >= 11 is 0. The first-order valence-electron chi connectivity index (χ1n) is 9.57. The molecule has 1 fully saturated rings. The zero-order valence-corrected chi connectivity index (χ0v) is 18.8. The molecule has 1 unspecified atom stereocenters. The number of amides is 1. The molecule has 2 rings (SSSR count). The van der Waals surface area contributed by atoms with Gasteiger partial charge in [0.25, 0.3) is 0 Å². The zero-order chi connectivity index (χ0) is 21.1. The number of nitrogens with one attached hydrogen (secondary N) is 1. The molecule has 3 atom stereocenters. The fourth-order valence-corrected chi connectivity index (χ4v) is 3.51. The monoisotopic (exact) mass is 411 g/mol. The number of pyridine rings is 1. The number of aryl methyl sites for hydroxylation is 1. The van der Waals surface area contributed by atoms with Crippen LogP contribution in [-0.4, -0.2) is 56.3 Å². The molecule has 158 valence electrons. The van der Waals surface area contributed by atoms with Crippen molar-refractivity contribution in [2.45, 2.75) is 71.0 Å². The van der Waals surface area contributed by atoms with E-state index in [9.17, 15) is 9.00 Å². The molecule has 7 nitrogen and oxygen atoms in total. The van der Waals surface area contributed by atoms with Gasteiger partial charge in [0, 0.05) is 12.7 Å². The lowest BCUT2D eigenvalue weighted by molar-refractivity contribution is -0.0531. The van der Waals surface area contributed by atoms with Gasteiger partial charge >= 0.3 is 6.09 Å². The molecule has 1 N–H and O–H groups in total. The van der Waals surface area contributed by atoms with Crippen LogP contribution in [0.3, 0.4) is 0 Å². The third-order valence-corrected chi connectivity index (χ3v) is 5.74. The average Bonchev–Trinajstić information content (AvgIpc) is 2.58. The average molecular weight is 412 g/mol. The van der Waals surface area contributed by atoms with Crippen molar-refractivity contribution in [1.29, 1.82) is 0 Å². The van der Waals surface area contributed by atoms with Crippen molar-refractivity contribution < 1.29 is 18.5 Å². The Morgan fingerprint density at radius 1 is 1.32 bits per heavy atom. The van der Waals surface area contributed by atoms with Crippen LogP contribution in [0.2, 0.25) is 0 Å². The van der Waals surface area contributed by atoms with E-state index in [-0.39, 0.29) is 12.2 Å². The highest BCUT2D eigenvalue weighted by molar-refractivity contribution is 7.84. The van der Waals surface area contributed by atoms with Gasteiger partial charge in [-0.15, -0.1) is 0 Å². The van der Waals surface area contributed by atoms with Gasteiger partial charge in [-0.1, -0.05) is 6.07 Å². The normalized spacial score (nSPS) is 20.5. The van der Waals surface area contributed by atoms with Crippen molar-refractivity contribution in [2.24, 2.45) is 0 Å². The van der Waals surface area contributed by atoms with Crippen molar-refractivity contribution >= 4 is 17.1 Å². The number of carbonyl (C=O) groups excluding carboxylic acids is 1. The second-order valence-corrected chi connectivity index (χ2v) is 11.1. The standard InChI is InChI=1S/C20H33N3O4S/c1-14-8-9-15(21-12-14)17(22-28(25)20(5,6)7)16-13-23(10-11-26-16)18(24)27-19(2,3)4/h8-9,12,16-17,22H,10-11,13H2,1-7H3/t16-,17?,28+/m1/s1. The van der Waals surface area contributed by atoms with Crippen LogP contribution in [0.4, 0.5) is 4.79 Å². The molecule has 0 aromatic carbocycles. The highest BCUT2D eigenvalue weighted by Gasteiger charge is 2.36. The fourth-order valence-electron chi connectivity index (χ4n) is 2.65. The van der Waals surface area contributed by atoms with Crippen molar-refractivity contribution in [3.63, 3.8) is 0 Å². The third-order valence-electron chi connectivity index (χ3n) is 4.16. The molecule has 0 spiro atoms. The number of rotatable bonds is 4. The van der Waals surface area contributed by atoms with Crippen LogP contribution < -0.4 is 4.72 Å². The summed E-state index contributed by atoms with van der Waals surface area (Å²) in [5.74, 6) is 0. The van der Waals surface area contributed by atoms with E-state index in [0.29, 0.717) is 19.7 Å². The summed E-state index contributed by atoms with van der Waals surface area (Å²) in [6, 6.07) is 3.46. The minimum absolute atomic E-state index is 0.337. The Bertz CT molecular complexity index is 695. The molecule has 28 heavy (non-hydrogen) atoms. The van der Waals surface area contributed by atoms with Gasteiger partial charge in [-0.2, -0.15) is 0 Å². The van der Waals surface area contributed by atoms with E-state index in [1.807, 2.05) is 60.6 Å². The van der Waals surface area contributed by atoms with Gasteiger partial charge in [-0.3, -0.25) is 4.98 Å². The van der Waals surface area contributed by atoms with Gasteiger partial charge in [0.1, 0.15) is 5.60 Å². The highest BCUT2D eigenvalue weighted by atomic mass is 32.2. The predicted octanol–water partition coefficient (Wildman–Crippen LogP) is 3.12. The lowest BCUT2D eigenvalue weighted by Crippen LogP contribution is -2.52. The molecule has 0 radical (unpaired) electrons. The number of carbonyl (C=O) groups is 1. The fraction of sp³-hybridized carbons (Fsp3) is 0.700. The van der Waals surface area contributed by atoms with Gasteiger partial charge in [-0.05, 0) is 60.1 Å². The van der Waals surface area contributed by atoms with Gasteiger partial charge in [0.15, 0.2) is 0 Å². The van der Waals surface area contributed by atoms with Crippen LogP contribution in [0, 0.1) is 6.92 Å². The summed E-state index contributed by atoms with van der Waals surface area (Å²) in [7, 11) is -1.32. The maximum atomic E-state index is 12.8. The first-order valence-corrected chi connectivity index (χ1v) is 10.7. The molecular formula is C20H33N3O4S. The number of morpholine rings is 1. The summed E-state index contributed by atoms with van der Waals surface area (Å²) in [5, 5.41) is 0. The van der Waals surface area contributed by atoms with Gasteiger partial charge < -0.3 is 14.4 Å². The van der Waals surface area contributed by atoms with E-state index in [2.05, 4.69) is 9.71 Å². The topological polar surface area (TPSA) is 80.8 Å². The number of hydrogen-bond donors (Lipinski definition) is 1. The van der Waals surface area contributed by atoms with Gasteiger partial charge in [0.05, 0.1) is 46.7 Å². The summed E-state index contributed by atoms with van der Waals surface area (Å²) < 4.78 is 27.0. The minimum atomic E-state index is -1.32. The van der Waals surface area contributed by atoms with Crippen LogP contribution in [-0.2, 0) is 20.5 Å². The second-order valence-electron chi connectivity index (χ2n) is 9.07. The van der Waals surface area contributed by atoms with Crippen LogP contribution in [0.15, 0.2) is 18.3 Å². The molecule has 1 amide bonds. The maximum absolute atomic E-state index is 12.8. The highest BCUT2D eigenvalue weighted by Crippen LogP contribution is 2.25. The zero-order valence-electron chi connectivity index (χ0n) is 17.9. The molecule has 0 saturated carbocycles. The van der Waals surface area contributed by atoms with E-state index >= 15 is 0 Å². The van der Waals surface area contributed by atoms with E-state index in [0.717, 1.165) is 11.3 Å². The largest absolute Gasteiger partial charge is 0.444 e. The van der Waals surface area contributed by atoms with E-state index in [4.69, 9.17) is 9.47 Å². The number of nitrogens with zero attached hydrogens (tertiary/aromatic N) is 2. The van der Waals surface area contributed by atoms with E-state index in [1.54, 1.807) is 11.1 Å². The Morgan fingerprint density at radius 2 is 2.00 bits per heavy atom. The lowest BCUT2D eigenvalue weighted by Gasteiger charge is -2.38. The Balaban J connectivity index is 2.23. The van der Waals surface area contributed by atoms with Crippen molar-refractivity contribution in [3.8, 4) is 0 Å². The van der Waals surface area contributed by atoms with E-state index in [1.165, 1.54) is 0 Å². The Labute approximate surface area is 170 Å². The van der Waals surface area contributed by atoms with Crippen molar-refractivity contribution in [3.05, 3.63) is 29.6 Å². The van der Waals surface area contributed by atoms with E-state index < -0.39 is 27.4 Å². The van der Waals surface area contributed by atoms with Crippen molar-refractivity contribution in [1.82, 2.24) is 14.6 Å². The molecule has 0 bridgehead atoms. The van der Waals surface area contributed by atoms with Crippen LogP contribution in [0.1, 0.15) is 58.8 Å². The maximum Gasteiger partial charge on any atom is 0.410 e. The summed E-state index contributed by atoms with van der Waals surface area (Å²) in [4.78, 5) is 18.6. The van der Waals surface area contributed by atoms with Crippen LogP contribution >= 0.6 is 0 Å². The van der Waals surface area contributed by atoms with Crippen LogP contribution in [0.5, 0.6) is 0 Å². The Morgan fingerprint density at radius 3 is 2.54 bits per heavy atom. The Kier molecular flexibility index (Phi) is 7.22. The molecule has 0 aliphatic carbocycles. The SMILES string of the molecule is Cc1ccc(C(N[S@@](=O)C(C)(C)C)[C@H]2CN(C(=O)OC(C)(C)C)CCO2)nc1. The first-order chi connectivity index (χ1) is 12.9. The quantitative estimate of drug-likeness (QED) is 0.823. The van der Waals surface area contributed by atoms with Gasteiger partial charge in [-0.25, -0.2) is 13.7 Å². The molecule has 1 saturated heterocycles. The summed E-state index contributed by atoms with van der Waals surface area (Å²) in [6.07, 6.45) is 1.02. The molecule has 1 aromatic rings. The van der Waals surface area contributed by atoms with Crippen LogP contribution in [0.25, 0.3) is 0 Å². The third kappa shape index (κ3) is 6.53. The predicted molar refractivity (Wildman–Crippen MR) is 110 cm³/mol. The molecule has 1 aliphatic heterocycles. The first kappa shape index (κ1) is 22.8. The molecular weight excluding hydrogens is 378 g/mol. The summed E-state index contributed by atoms with van der Waals surface area (Å²) in [5.41, 5.74) is 1.22. The number of aromatic nitrogens is 1. The minimum Gasteiger partial charge on any atom is -0.444 e. The molecule has 8 heteroatoms. The van der Waals surface area contributed by atoms with Crippen molar-refractivity contribution in [2.75, 3.05) is 19.7 Å².